The summed E-state index contributed by atoms with van der Waals surface area (Å²) in [5.41, 5.74) is 9.94. The first kappa shape index (κ1) is 29.4. The van der Waals surface area contributed by atoms with E-state index in [1.54, 1.807) is 0 Å². The highest BCUT2D eigenvalue weighted by atomic mass is 35.5. The highest BCUT2D eigenvalue weighted by Gasteiger charge is 2.20. The summed E-state index contributed by atoms with van der Waals surface area (Å²) in [7, 11) is 0. The lowest BCUT2D eigenvalue weighted by atomic mass is 9.98. The van der Waals surface area contributed by atoms with Crippen LogP contribution in [0.1, 0.15) is 0 Å². The number of benzene rings is 7. The highest BCUT2D eigenvalue weighted by Crippen LogP contribution is 2.41. The van der Waals surface area contributed by atoms with E-state index in [-0.39, 0.29) is 0 Å². The van der Waals surface area contributed by atoms with Gasteiger partial charge in [-0.1, -0.05) is 127 Å². The monoisotopic (exact) mass is 675 g/mol. The van der Waals surface area contributed by atoms with Gasteiger partial charge in [0, 0.05) is 49.9 Å². The fourth-order valence-electron chi connectivity index (χ4n) is 6.93. The fraction of sp³-hybridized carbons (Fsp3) is 0. The summed E-state index contributed by atoms with van der Waals surface area (Å²) >= 11 is 6.93. The lowest BCUT2D eigenvalue weighted by molar-refractivity contribution is 0.668. The Morgan fingerprint density at radius 3 is 1.75 bits per heavy atom. The van der Waals surface area contributed by atoms with Crippen LogP contribution in [0.15, 0.2) is 167 Å². The molecule has 0 aliphatic rings. The van der Waals surface area contributed by atoms with Gasteiger partial charge in [0.2, 0.25) is 0 Å². The average Bonchev–Trinajstić information content (AvgIpc) is 3.75. The van der Waals surface area contributed by atoms with Crippen molar-refractivity contribution in [1.82, 2.24) is 15.0 Å². The average molecular weight is 676 g/mol. The van der Waals surface area contributed by atoms with Crippen molar-refractivity contribution in [2.45, 2.75) is 0 Å². The molecule has 5 nitrogen and oxygen atoms in total. The van der Waals surface area contributed by atoms with E-state index in [1.807, 2.05) is 103 Å². The molecule has 51 heavy (non-hydrogen) atoms. The van der Waals surface area contributed by atoms with Crippen molar-refractivity contribution in [1.29, 1.82) is 0 Å². The van der Waals surface area contributed by atoms with Crippen LogP contribution in [0.5, 0.6) is 0 Å². The largest absolute Gasteiger partial charge is 0.456 e. The van der Waals surface area contributed by atoms with Crippen LogP contribution in [-0.4, -0.2) is 15.0 Å². The molecule has 0 saturated carbocycles. The van der Waals surface area contributed by atoms with Gasteiger partial charge in [0.05, 0.1) is 5.02 Å². The molecule has 10 rings (SSSR count). The summed E-state index contributed by atoms with van der Waals surface area (Å²) in [6.45, 7) is 0. The number of aromatic nitrogens is 3. The summed E-state index contributed by atoms with van der Waals surface area (Å²) < 4.78 is 12.5. The number of rotatable bonds is 5. The van der Waals surface area contributed by atoms with E-state index in [0.717, 1.165) is 71.7 Å². The van der Waals surface area contributed by atoms with Crippen molar-refractivity contribution < 1.29 is 8.83 Å². The minimum atomic E-state index is 0.549. The Morgan fingerprint density at radius 1 is 0.353 bits per heavy atom. The normalized spacial score (nSPS) is 11.6. The van der Waals surface area contributed by atoms with Crippen LogP contribution in [0.2, 0.25) is 5.02 Å². The van der Waals surface area contributed by atoms with Crippen LogP contribution in [-0.2, 0) is 0 Å². The van der Waals surface area contributed by atoms with Crippen molar-refractivity contribution in [3.05, 3.63) is 163 Å². The summed E-state index contributed by atoms with van der Waals surface area (Å²) in [5.74, 6) is 1.70. The molecule has 0 radical (unpaired) electrons. The van der Waals surface area contributed by atoms with Gasteiger partial charge in [-0.25, -0.2) is 15.0 Å². The zero-order valence-electron chi connectivity index (χ0n) is 27.0. The number of furan rings is 2. The SMILES string of the molecule is Clc1cc2oc3cccc(-c4nc(-c5ccccc5)nc(-c5ccc6oc7ccccc7c6c5)n4)c3c2cc1-c1ccc(-c2ccccc2)cc1. The van der Waals surface area contributed by atoms with Crippen molar-refractivity contribution >= 4 is 55.5 Å². The number of hydrogen-bond donors (Lipinski definition) is 0. The van der Waals surface area contributed by atoms with Crippen LogP contribution in [0.4, 0.5) is 0 Å². The molecule has 7 aromatic carbocycles. The Balaban J connectivity index is 1.16. The quantitative estimate of drug-likeness (QED) is 0.182. The van der Waals surface area contributed by atoms with Gasteiger partial charge < -0.3 is 8.83 Å². The van der Waals surface area contributed by atoms with E-state index in [1.165, 1.54) is 5.56 Å². The number of hydrogen-bond acceptors (Lipinski definition) is 5. The molecule has 0 spiro atoms. The molecular formula is C45H26ClN3O2. The molecule has 0 amide bonds. The maximum absolute atomic E-state index is 6.93. The van der Waals surface area contributed by atoms with Crippen LogP contribution in [0, 0.1) is 0 Å². The van der Waals surface area contributed by atoms with Crippen molar-refractivity contribution in [2.75, 3.05) is 0 Å². The molecule has 0 bridgehead atoms. The molecule has 3 heterocycles. The number of fused-ring (bicyclic) bond motifs is 6. The van der Waals surface area contributed by atoms with Gasteiger partial charge in [-0.2, -0.15) is 0 Å². The molecule has 10 aromatic rings. The van der Waals surface area contributed by atoms with Gasteiger partial charge in [0.1, 0.15) is 22.3 Å². The van der Waals surface area contributed by atoms with Gasteiger partial charge in [0.15, 0.2) is 17.5 Å². The standard InChI is InChI=1S/C45H26ClN3O2/c46-37-26-41-36(25-34(37)29-20-18-28(19-21-29)27-10-3-1-4-11-27)42-33(15-9-17-40(42)51-41)45-48-43(30-12-5-2-6-13-30)47-44(49-45)31-22-23-39-35(24-31)32-14-7-8-16-38(32)50-39/h1-26H. The third-order valence-electron chi connectivity index (χ3n) is 9.43. The molecule has 3 aromatic heterocycles. The van der Waals surface area contributed by atoms with E-state index in [0.29, 0.717) is 28.1 Å². The van der Waals surface area contributed by atoms with Crippen LogP contribution in [0.25, 0.3) is 100 Å². The maximum Gasteiger partial charge on any atom is 0.164 e. The van der Waals surface area contributed by atoms with Gasteiger partial charge in [-0.05, 0) is 53.1 Å². The second-order valence-corrected chi connectivity index (χ2v) is 12.9. The van der Waals surface area contributed by atoms with Gasteiger partial charge in [0.25, 0.3) is 0 Å². The third-order valence-corrected chi connectivity index (χ3v) is 9.74. The summed E-state index contributed by atoms with van der Waals surface area (Å²) in [6, 6.07) is 53.0. The fourth-order valence-corrected chi connectivity index (χ4v) is 7.20. The zero-order valence-corrected chi connectivity index (χ0v) is 27.8. The van der Waals surface area contributed by atoms with Crippen molar-refractivity contribution in [3.63, 3.8) is 0 Å². The molecule has 6 heteroatoms. The molecular weight excluding hydrogens is 650 g/mol. The smallest absolute Gasteiger partial charge is 0.164 e. The molecule has 0 atom stereocenters. The number of nitrogens with zero attached hydrogens (tertiary/aromatic N) is 3. The maximum atomic E-state index is 6.93. The van der Waals surface area contributed by atoms with Crippen LogP contribution >= 0.6 is 11.6 Å². The number of para-hydroxylation sites is 1. The number of halogens is 1. The van der Waals surface area contributed by atoms with Gasteiger partial charge >= 0.3 is 0 Å². The molecule has 0 aliphatic carbocycles. The van der Waals surface area contributed by atoms with Crippen molar-refractivity contribution in [3.8, 4) is 56.4 Å². The first-order valence-corrected chi connectivity index (χ1v) is 17.1. The minimum Gasteiger partial charge on any atom is -0.456 e. The van der Waals surface area contributed by atoms with Gasteiger partial charge in [-0.15, -0.1) is 0 Å². The summed E-state index contributed by atoms with van der Waals surface area (Å²) in [6.07, 6.45) is 0. The first-order valence-electron chi connectivity index (χ1n) is 16.7. The Kier molecular flexibility index (Phi) is 6.79. The molecule has 0 aliphatic heterocycles. The van der Waals surface area contributed by atoms with E-state index in [2.05, 4.69) is 54.6 Å². The molecule has 0 fully saturated rings. The van der Waals surface area contributed by atoms with E-state index in [9.17, 15) is 0 Å². The Hall–Kier alpha value is -6.56. The molecule has 0 saturated heterocycles. The second kappa shape index (κ2) is 11.8. The zero-order chi connectivity index (χ0) is 33.9. The van der Waals surface area contributed by atoms with Gasteiger partial charge in [-0.3, -0.25) is 0 Å². The third kappa shape index (κ3) is 5.06. The Morgan fingerprint density at radius 2 is 0.941 bits per heavy atom. The van der Waals surface area contributed by atoms with Crippen LogP contribution in [0.3, 0.4) is 0 Å². The molecule has 0 unspecified atom stereocenters. The Bertz CT molecular complexity index is 2910. The Labute approximate surface area is 297 Å². The van der Waals surface area contributed by atoms with Crippen LogP contribution < -0.4 is 0 Å². The van der Waals surface area contributed by atoms with E-state index in [4.69, 9.17) is 35.4 Å². The summed E-state index contributed by atoms with van der Waals surface area (Å²) in [5, 5.41) is 4.52. The first-order chi connectivity index (χ1) is 25.2. The minimum absolute atomic E-state index is 0.549. The molecule has 240 valence electrons. The predicted octanol–water partition coefficient (Wildman–Crippen LogP) is 12.7. The van der Waals surface area contributed by atoms with E-state index < -0.39 is 0 Å². The van der Waals surface area contributed by atoms with E-state index >= 15 is 0 Å². The lowest BCUT2D eigenvalue weighted by Crippen LogP contribution is -2.00. The highest BCUT2D eigenvalue weighted by molar-refractivity contribution is 6.34. The molecule has 0 N–H and O–H groups in total. The lowest BCUT2D eigenvalue weighted by Gasteiger charge is -2.10. The second-order valence-electron chi connectivity index (χ2n) is 12.5. The predicted molar refractivity (Wildman–Crippen MR) is 207 cm³/mol. The summed E-state index contributed by atoms with van der Waals surface area (Å²) in [4.78, 5) is 15.2. The van der Waals surface area contributed by atoms with Crippen molar-refractivity contribution in [2.24, 2.45) is 0 Å². The topological polar surface area (TPSA) is 65.0 Å².